The van der Waals surface area contributed by atoms with Gasteiger partial charge in [0.2, 0.25) is 0 Å². The van der Waals surface area contributed by atoms with Crippen LogP contribution in [0.2, 0.25) is 0 Å². The standard InChI is InChI=1S/C8H18S/c1-3-4-5-6-7-8(2)9/h8-9H,3-7H2,1-2H3/t8-/m1/s1/i8D. The molecule has 9 heavy (non-hydrogen) atoms. The first-order chi connectivity index (χ1) is 4.56. The normalized spacial score (nSPS) is 18.8. The predicted octanol–water partition coefficient (Wildman–Crippen LogP) is 3.28. The van der Waals surface area contributed by atoms with E-state index < -0.39 is 5.23 Å². The van der Waals surface area contributed by atoms with Gasteiger partial charge in [-0.1, -0.05) is 39.5 Å². The number of thiol groups is 1. The van der Waals surface area contributed by atoms with Crippen LogP contribution in [0, 0.1) is 0 Å². The third-order valence-corrected chi connectivity index (χ3v) is 1.62. The molecule has 0 N–H and O–H groups in total. The van der Waals surface area contributed by atoms with Crippen LogP contribution >= 0.6 is 12.6 Å². The monoisotopic (exact) mass is 147 g/mol. The molecule has 0 aromatic rings. The Hall–Kier alpha value is 0.350. The summed E-state index contributed by atoms with van der Waals surface area (Å²) < 4.78 is 7.43. The van der Waals surface area contributed by atoms with Crippen molar-refractivity contribution in [3.63, 3.8) is 0 Å². The van der Waals surface area contributed by atoms with Crippen molar-refractivity contribution in [2.45, 2.75) is 51.2 Å². The highest BCUT2D eigenvalue weighted by Gasteiger charge is 1.92. The van der Waals surface area contributed by atoms with Crippen molar-refractivity contribution in [3.05, 3.63) is 0 Å². The number of hydrogen-bond donors (Lipinski definition) is 1. The molecule has 56 valence electrons. The zero-order chi connectivity index (χ0) is 8.04. The Morgan fingerprint density at radius 1 is 1.44 bits per heavy atom. The van der Waals surface area contributed by atoms with E-state index in [4.69, 9.17) is 1.37 Å². The van der Waals surface area contributed by atoms with Crippen LogP contribution in [-0.4, -0.2) is 5.23 Å². The number of unbranched alkanes of at least 4 members (excludes halogenated alkanes) is 3. The number of hydrogen-bond acceptors (Lipinski definition) is 1. The molecule has 0 bridgehead atoms. The summed E-state index contributed by atoms with van der Waals surface area (Å²) in [5.41, 5.74) is 0. The Bertz CT molecular complexity index is 75.8. The van der Waals surface area contributed by atoms with Crippen LogP contribution < -0.4 is 0 Å². The van der Waals surface area contributed by atoms with Gasteiger partial charge >= 0.3 is 0 Å². The van der Waals surface area contributed by atoms with Gasteiger partial charge in [-0.15, -0.1) is 0 Å². The molecule has 1 heteroatoms. The van der Waals surface area contributed by atoms with Crippen molar-refractivity contribution in [1.29, 1.82) is 0 Å². The van der Waals surface area contributed by atoms with Gasteiger partial charge in [0.25, 0.3) is 0 Å². The zero-order valence-electron chi connectivity index (χ0n) is 7.48. The maximum Gasteiger partial charge on any atom is 0.0411 e. The van der Waals surface area contributed by atoms with E-state index in [-0.39, 0.29) is 0 Å². The van der Waals surface area contributed by atoms with Gasteiger partial charge < -0.3 is 0 Å². The van der Waals surface area contributed by atoms with Crippen molar-refractivity contribution in [2.24, 2.45) is 0 Å². The molecule has 1 atom stereocenters. The summed E-state index contributed by atoms with van der Waals surface area (Å²) in [5, 5.41) is -0.506. The molecule has 0 aromatic heterocycles. The first kappa shape index (κ1) is 7.46. The van der Waals surface area contributed by atoms with Crippen molar-refractivity contribution in [1.82, 2.24) is 0 Å². The highest BCUT2D eigenvalue weighted by molar-refractivity contribution is 7.80. The van der Waals surface area contributed by atoms with E-state index >= 15 is 0 Å². The predicted molar refractivity (Wildman–Crippen MR) is 47.2 cm³/mol. The van der Waals surface area contributed by atoms with Crippen molar-refractivity contribution < 1.29 is 1.37 Å². The van der Waals surface area contributed by atoms with E-state index in [1.54, 1.807) is 0 Å². The minimum atomic E-state index is -0.506. The van der Waals surface area contributed by atoms with E-state index in [0.717, 1.165) is 12.8 Å². The van der Waals surface area contributed by atoms with Crippen molar-refractivity contribution in [2.75, 3.05) is 0 Å². The van der Waals surface area contributed by atoms with Gasteiger partial charge in [0.15, 0.2) is 0 Å². The molecule has 0 spiro atoms. The highest BCUT2D eigenvalue weighted by atomic mass is 32.1. The molecule has 0 unspecified atom stereocenters. The fourth-order valence-electron chi connectivity index (χ4n) is 0.808. The van der Waals surface area contributed by atoms with Gasteiger partial charge in [-0.2, -0.15) is 12.6 Å². The van der Waals surface area contributed by atoms with Crippen molar-refractivity contribution >= 4 is 12.6 Å². The van der Waals surface area contributed by atoms with Gasteiger partial charge in [-0.05, 0) is 11.6 Å². The fourth-order valence-corrected chi connectivity index (χ4v) is 0.966. The zero-order valence-corrected chi connectivity index (χ0v) is 7.38. The quantitative estimate of drug-likeness (QED) is 0.448. The lowest BCUT2D eigenvalue weighted by atomic mass is 10.1. The Labute approximate surface area is 65.9 Å². The van der Waals surface area contributed by atoms with Crippen LogP contribution in [0.5, 0.6) is 0 Å². The molecular formula is C8H18S. The molecule has 0 aliphatic heterocycles. The Balaban J connectivity index is 3.04. The van der Waals surface area contributed by atoms with Gasteiger partial charge in [0.1, 0.15) is 0 Å². The lowest BCUT2D eigenvalue weighted by Gasteiger charge is -2.01. The van der Waals surface area contributed by atoms with Gasteiger partial charge in [0, 0.05) is 1.37 Å². The van der Waals surface area contributed by atoms with E-state index in [1.165, 1.54) is 19.3 Å². The van der Waals surface area contributed by atoms with Crippen LogP contribution in [0.3, 0.4) is 0 Å². The summed E-state index contributed by atoms with van der Waals surface area (Å²) in [6.45, 7) is 4.04. The highest BCUT2D eigenvalue weighted by Crippen LogP contribution is 2.08. The Morgan fingerprint density at radius 2 is 2.11 bits per heavy atom. The molecule has 0 aromatic carbocycles. The first-order valence-electron chi connectivity index (χ1n) is 4.28. The lowest BCUT2D eigenvalue weighted by molar-refractivity contribution is 0.632. The molecule has 0 radical (unpaired) electrons. The summed E-state index contributed by atoms with van der Waals surface area (Å²) in [7, 11) is 0. The molecule has 0 saturated heterocycles. The summed E-state index contributed by atoms with van der Waals surface area (Å²) in [4.78, 5) is 0. The summed E-state index contributed by atoms with van der Waals surface area (Å²) in [6, 6.07) is 0. The summed E-state index contributed by atoms with van der Waals surface area (Å²) >= 11 is 4.12. The minimum Gasteiger partial charge on any atom is -0.176 e. The van der Waals surface area contributed by atoms with Crippen molar-refractivity contribution in [3.8, 4) is 0 Å². The van der Waals surface area contributed by atoms with E-state index in [2.05, 4.69) is 19.6 Å². The minimum absolute atomic E-state index is 0.506. The van der Waals surface area contributed by atoms with E-state index in [0.29, 0.717) is 0 Å². The van der Waals surface area contributed by atoms with Crippen LogP contribution in [0.4, 0.5) is 0 Å². The largest absolute Gasteiger partial charge is 0.176 e. The van der Waals surface area contributed by atoms with Gasteiger partial charge in [0.05, 0.1) is 0 Å². The third-order valence-electron chi connectivity index (χ3n) is 1.39. The smallest absolute Gasteiger partial charge is 0.0411 e. The maximum absolute atomic E-state index is 7.43. The topological polar surface area (TPSA) is 0 Å². The Morgan fingerprint density at radius 3 is 2.56 bits per heavy atom. The van der Waals surface area contributed by atoms with Gasteiger partial charge in [-0.3, -0.25) is 0 Å². The molecule has 0 saturated carbocycles. The molecular weight excluding hydrogens is 128 g/mol. The maximum atomic E-state index is 7.43. The first-order valence-corrected chi connectivity index (χ1v) is 4.23. The van der Waals surface area contributed by atoms with Crippen LogP contribution in [0.25, 0.3) is 0 Å². The summed E-state index contributed by atoms with van der Waals surface area (Å²) in [5.74, 6) is 0. The molecule has 0 amide bonds. The lowest BCUT2D eigenvalue weighted by Crippen LogP contribution is -1.89. The molecule has 0 fully saturated rings. The second-order valence-electron chi connectivity index (χ2n) is 2.55. The van der Waals surface area contributed by atoms with E-state index in [1.807, 2.05) is 6.92 Å². The second-order valence-corrected chi connectivity index (χ2v) is 3.31. The SMILES string of the molecule is [2H][C@](C)(S)CCCCCC. The molecule has 0 rings (SSSR count). The van der Waals surface area contributed by atoms with Gasteiger partial charge in [-0.25, -0.2) is 0 Å². The molecule has 0 aliphatic carbocycles. The van der Waals surface area contributed by atoms with Crippen LogP contribution in [0.1, 0.15) is 47.3 Å². The summed E-state index contributed by atoms with van der Waals surface area (Å²) in [6.07, 6.45) is 5.88. The number of rotatable bonds is 5. The fraction of sp³-hybridized carbons (Fsp3) is 1.00. The second kappa shape index (κ2) is 6.47. The third kappa shape index (κ3) is 8.35. The van der Waals surface area contributed by atoms with Crippen LogP contribution in [0.15, 0.2) is 0 Å². The van der Waals surface area contributed by atoms with E-state index in [9.17, 15) is 0 Å². The molecule has 0 heterocycles. The molecule has 0 nitrogen and oxygen atoms in total. The van der Waals surface area contributed by atoms with Crippen LogP contribution in [-0.2, 0) is 0 Å². The molecule has 0 aliphatic rings. The Kier molecular flexibility index (Phi) is 5.36. The average Bonchev–Trinajstić information content (AvgIpc) is 1.78. The average molecular weight is 147 g/mol.